The second-order valence-corrected chi connectivity index (χ2v) is 7.43. The zero-order valence-corrected chi connectivity index (χ0v) is 12.0. The van der Waals surface area contributed by atoms with Crippen LogP contribution in [0, 0.1) is 22.0 Å². The Kier molecular flexibility index (Phi) is 2.85. The first-order chi connectivity index (χ1) is 8.55. The van der Waals surface area contributed by atoms with Crippen molar-refractivity contribution in [3.63, 3.8) is 0 Å². The van der Waals surface area contributed by atoms with E-state index in [2.05, 4.69) is 13.8 Å². The average molecular weight is 263 g/mol. The van der Waals surface area contributed by atoms with Crippen molar-refractivity contribution in [1.29, 1.82) is 0 Å². The number of aromatic nitrogens is 1. The topological polar surface area (TPSA) is 26.9 Å². The molecule has 3 rings (SSSR count). The summed E-state index contributed by atoms with van der Waals surface area (Å²) in [6.45, 7) is 4.88. The molecule has 98 valence electrons. The summed E-state index contributed by atoms with van der Waals surface area (Å²) in [4.78, 5) is 0. The minimum atomic E-state index is 0.461. The summed E-state index contributed by atoms with van der Waals surface area (Å²) in [5, 5.41) is 12.5. The Balaban J connectivity index is 1.76. The number of thioether (sulfide) groups is 1. The van der Waals surface area contributed by atoms with Gasteiger partial charge in [-0.2, -0.15) is 4.73 Å². The molecule has 1 aromatic rings. The largest absolute Gasteiger partial charge is 0.618 e. The van der Waals surface area contributed by atoms with Crippen molar-refractivity contribution in [2.75, 3.05) is 5.75 Å². The van der Waals surface area contributed by atoms with Gasteiger partial charge in [0.05, 0.1) is 0 Å². The smallest absolute Gasteiger partial charge is 0.251 e. The number of hydrogen-bond donors (Lipinski definition) is 0. The molecule has 0 aromatic carbocycles. The molecule has 0 radical (unpaired) electrons. The van der Waals surface area contributed by atoms with Gasteiger partial charge >= 0.3 is 0 Å². The molecule has 0 N–H and O–H groups in total. The highest BCUT2D eigenvalue weighted by Gasteiger charge is 2.58. The van der Waals surface area contributed by atoms with E-state index in [-0.39, 0.29) is 0 Å². The Morgan fingerprint density at radius 2 is 2.06 bits per heavy atom. The van der Waals surface area contributed by atoms with Crippen molar-refractivity contribution >= 4 is 11.8 Å². The van der Waals surface area contributed by atoms with Crippen molar-refractivity contribution in [2.24, 2.45) is 16.7 Å². The van der Waals surface area contributed by atoms with Crippen LogP contribution >= 0.6 is 11.8 Å². The normalized spacial score (nSPS) is 32.9. The van der Waals surface area contributed by atoms with Crippen LogP contribution in [-0.4, -0.2) is 5.75 Å². The van der Waals surface area contributed by atoms with Gasteiger partial charge in [0.1, 0.15) is 0 Å². The maximum atomic E-state index is 11.7. The molecule has 2 saturated carbocycles. The van der Waals surface area contributed by atoms with E-state index < -0.39 is 0 Å². The number of pyridine rings is 1. The molecule has 0 aliphatic heterocycles. The third kappa shape index (κ3) is 1.67. The molecular formula is C15H21NOS. The second kappa shape index (κ2) is 4.16. The summed E-state index contributed by atoms with van der Waals surface area (Å²) in [6, 6.07) is 5.68. The minimum Gasteiger partial charge on any atom is -0.618 e. The molecule has 2 nitrogen and oxygen atoms in total. The Morgan fingerprint density at radius 3 is 2.61 bits per heavy atom. The molecule has 0 spiro atoms. The van der Waals surface area contributed by atoms with Crippen LogP contribution in [0.2, 0.25) is 0 Å². The highest BCUT2D eigenvalue weighted by Crippen LogP contribution is 2.66. The zero-order chi connectivity index (χ0) is 12.8. The molecule has 0 saturated heterocycles. The first-order valence-electron chi connectivity index (χ1n) is 6.86. The monoisotopic (exact) mass is 263 g/mol. The molecule has 0 atom stereocenters. The lowest BCUT2D eigenvalue weighted by Gasteiger charge is -2.37. The Labute approximate surface area is 113 Å². The van der Waals surface area contributed by atoms with Crippen molar-refractivity contribution in [2.45, 2.75) is 44.6 Å². The average Bonchev–Trinajstić information content (AvgIpc) is 2.75. The molecule has 18 heavy (non-hydrogen) atoms. The predicted molar refractivity (Wildman–Crippen MR) is 74.3 cm³/mol. The number of rotatable bonds is 3. The molecule has 0 amide bonds. The third-order valence-corrected chi connectivity index (χ3v) is 6.92. The fourth-order valence-corrected chi connectivity index (χ4v) is 5.48. The second-order valence-electron chi connectivity index (χ2n) is 6.43. The van der Waals surface area contributed by atoms with Crippen molar-refractivity contribution < 1.29 is 4.73 Å². The van der Waals surface area contributed by atoms with Gasteiger partial charge in [0.25, 0.3) is 5.03 Å². The molecule has 1 aromatic heterocycles. The highest BCUT2D eigenvalue weighted by atomic mass is 32.2. The van der Waals surface area contributed by atoms with Crippen LogP contribution in [0.4, 0.5) is 0 Å². The molecule has 2 aliphatic carbocycles. The molecule has 0 unspecified atom stereocenters. The predicted octanol–water partition coefficient (Wildman–Crippen LogP) is 3.63. The zero-order valence-electron chi connectivity index (χ0n) is 11.2. The first kappa shape index (κ1) is 12.3. The summed E-state index contributed by atoms with van der Waals surface area (Å²) in [7, 11) is 0. The van der Waals surface area contributed by atoms with E-state index in [0.29, 0.717) is 10.8 Å². The van der Waals surface area contributed by atoms with Gasteiger partial charge in [-0.1, -0.05) is 25.6 Å². The molecule has 2 bridgehead atoms. The summed E-state index contributed by atoms with van der Waals surface area (Å²) < 4.78 is 0.996. The summed E-state index contributed by atoms with van der Waals surface area (Å²) >= 11 is 1.75. The SMILES string of the molecule is CC1(C)C2CCC1(CSc1cccc[n+]1[O-])CC2. The maximum absolute atomic E-state index is 11.7. The van der Waals surface area contributed by atoms with Gasteiger partial charge in [-0.15, -0.1) is 0 Å². The Morgan fingerprint density at radius 1 is 1.33 bits per heavy atom. The standard InChI is InChI=1S/C15H21NOS/c1-14(2)12-6-8-15(14,9-7-12)11-18-13-5-3-4-10-16(13)17/h3-5,10,12H,6-9,11H2,1-2H3. The van der Waals surface area contributed by atoms with Crippen LogP contribution in [0.5, 0.6) is 0 Å². The summed E-state index contributed by atoms with van der Waals surface area (Å²) in [5.74, 6) is 2.01. The molecule has 1 heterocycles. The molecular weight excluding hydrogens is 242 g/mol. The fraction of sp³-hybridized carbons (Fsp3) is 0.667. The summed E-state index contributed by atoms with van der Waals surface area (Å²) in [6.07, 6.45) is 7.07. The van der Waals surface area contributed by atoms with Gasteiger partial charge in [-0.05, 0) is 48.5 Å². The van der Waals surface area contributed by atoms with Crippen LogP contribution in [-0.2, 0) is 0 Å². The van der Waals surface area contributed by atoms with Crippen molar-refractivity contribution in [1.82, 2.24) is 0 Å². The Hall–Kier alpha value is -0.700. The lowest BCUT2D eigenvalue weighted by atomic mass is 9.71. The van der Waals surface area contributed by atoms with E-state index in [1.165, 1.54) is 25.7 Å². The van der Waals surface area contributed by atoms with Gasteiger partial charge in [-0.25, -0.2) is 0 Å². The van der Waals surface area contributed by atoms with E-state index in [0.717, 1.165) is 21.4 Å². The van der Waals surface area contributed by atoms with Gasteiger partial charge in [-0.3, -0.25) is 0 Å². The molecule has 2 aliphatic rings. The maximum Gasteiger partial charge on any atom is 0.251 e. The van der Waals surface area contributed by atoms with E-state index in [9.17, 15) is 5.21 Å². The highest BCUT2D eigenvalue weighted by molar-refractivity contribution is 7.99. The van der Waals surface area contributed by atoms with E-state index >= 15 is 0 Å². The van der Waals surface area contributed by atoms with Crippen molar-refractivity contribution in [3.05, 3.63) is 29.6 Å². The van der Waals surface area contributed by atoms with Gasteiger partial charge in [0.2, 0.25) is 0 Å². The first-order valence-corrected chi connectivity index (χ1v) is 7.85. The number of hydrogen-bond acceptors (Lipinski definition) is 2. The van der Waals surface area contributed by atoms with Crippen molar-refractivity contribution in [3.8, 4) is 0 Å². The Bertz CT molecular complexity index is 450. The summed E-state index contributed by atoms with van der Waals surface area (Å²) in [5.41, 5.74) is 0.924. The van der Waals surface area contributed by atoms with E-state index in [4.69, 9.17) is 0 Å². The van der Waals surface area contributed by atoms with Gasteiger partial charge in [0.15, 0.2) is 6.20 Å². The van der Waals surface area contributed by atoms with Crippen LogP contribution in [0.25, 0.3) is 0 Å². The number of fused-ring (bicyclic) bond motifs is 2. The molecule has 2 fully saturated rings. The van der Waals surface area contributed by atoms with Crippen LogP contribution in [0.3, 0.4) is 0 Å². The fourth-order valence-electron chi connectivity index (χ4n) is 4.04. The minimum absolute atomic E-state index is 0.461. The van der Waals surface area contributed by atoms with Gasteiger partial charge < -0.3 is 5.21 Å². The van der Waals surface area contributed by atoms with E-state index in [1.54, 1.807) is 24.0 Å². The van der Waals surface area contributed by atoms with E-state index in [1.807, 2.05) is 12.1 Å². The number of nitrogens with zero attached hydrogens (tertiary/aromatic N) is 1. The molecule has 3 heteroatoms. The lowest BCUT2D eigenvalue weighted by Crippen LogP contribution is -2.34. The van der Waals surface area contributed by atoms with Crippen LogP contribution in [0.15, 0.2) is 29.4 Å². The lowest BCUT2D eigenvalue weighted by molar-refractivity contribution is -0.645. The van der Waals surface area contributed by atoms with Crippen LogP contribution in [0.1, 0.15) is 39.5 Å². The van der Waals surface area contributed by atoms with Gasteiger partial charge in [0, 0.05) is 17.9 Å². The quantitative estimate of drug-likeness (QED) is 0.473. The van der Waals surface area contributed by atoms with Crippen LogP contribution < -0.4 is 4.73 Å². The third-order valence-electron chi connectivity index (χ3n) is 5.62.